The van der Waals surface area contributed by atoms with Crippen molar-refractivity contribution in [3.63, 3.8) is 0 Å². The minimum Gasteiger partial charge on any atom is -0.384 e. The quantitative estimate of drug-likeness (QED) is 0.850. The van der Waals surface area contributed by atoms with E-state index in [2.05, 4.69) is 22.5 Å². The molecule has 19 heavy (non-hydrogen) atoms. The highest BCUT2D eigenvalue weighted by molar-refractivity contribution is 5.92. The fourth-order valence-corrected chi connectivity index (χ4v) is 2.00. The number of carbonyl (C=O) groups is 1. The van der Waals surface area contributed by atoms with E-state index in [1.807, 2.05) is 6.07 Å². The van der Waals surface area contributed by atoms with Crippen molar-refractivity contribution in [3.05, 3.63) is 24.0 Å². The highest BCUT2D eigenvalue weighted by atomic mass is 16.5. The molecule has 104 valence electrons. The van der Waals surface area contributed by atoms with Crippen molar-refractivity contribution in [2.24, 2.45) is 0 Å². The first kappa shape index (κ1) is 13.8. The van der Waals surface area contributed by atoms with Gasteiger partial charge in [0, 0.05) is 25.8 Å². The van der Waals surface area contributed by atoms with Crippen molar-refractivity contribution in [1.82, 2.24) is 10.3 Å². The van der Waals surface area contributed by atoms with Crippen LogP contribution in [0.1, 0.15) is 36.7 Å². The van der Waals surface area contributed by atoms with Crippen LogP contribution in [-0.4, -0.2) is 36.7 Å². The average Bonchev–Trinajstić information content (AvgIpc) is 2.46. The predicted octanol–water partition coefficient (Wildman–Crippen LogP) is 1.81. The summed E-state index contributed by atoms with van der Waals surface area (Å²) in [7, 11) is 0. The number of rotatable bonds is 5. The van der Waals surface area contributed by atoms with Gasteiger partial charge < -0.3 is 15.4 Å². The summed E-state index contributed by atoms with van der Waals surface area (Å²) < 4.78 is 5.27. The van der Waals surface area contributed by atoms with Crippen LogP contribution >= 0.6 is 0 Å². The van der Waals surface area contributed by atoms with Gasteiger partial charge in [-0.1, -0.05) is 6.92 Å². The van der Waals surface area contributed by atoms with E-state index in [0.29, 0.717) is 5.69 Å². The predicted molar refractivity (Wildman–Crippen MR) is 74.3 cm³/mol. The first-order valence-electron chi connectivity index (χ1n) is 6.88. The Hall–Kier alpha value is -1.62. The van der Waals surface area contributed by atoms with Gasteiger partial charge in [-0.3, -0.25) is 4.79 Å². The van der Waals surface area contributed by atoms with Crippen LogP contribution in [0.25, 0.3) is 0 Å². The van der Waals surface area contributed by atoms with Crippen LogP contribution in [0.15, 0.2) is 18.3 Å². The fraction of sp³-hybridized carbons (Fsp3) is 0.571. The van der Waals surface area contributed by atoms with Crippen LogP contribution in [0.3, 0.4) is 0 Å². The lowest BCUT2D eigenvalue weighted by Crippen LogP contribution is -2.39. The largest absolute Gasteiger partial charge is 0.384 e. The van der Waals surface area contributed by atoms with Gasteiger partial charge in [0.1, 0.15) is 5.69 Å². The van der Waals surface area contributed by atoms with Gasteiger partial charge in [-0.05, 0) is 31.4 Å². The molecular formula is C14H21N3O2. The SMILES string of the molecule is CCCNc1ccc(C(=O)NC2CCOCC2)nc1. The molecule has 5 heteroatoms. The maximum Gasteiger partial charge on any atom is 0.270 e. The normalized spacial score (nSPS) is 16.1. The van der Waals surface area contributed by atoms with Crippen molar-refractivity contribution in [3.8, 4) is 0 Å². The number of pyridine rings is 1. The molecule has 0 saturated carbocycles. The number of nitrogens with zero attached hydrogens (tertiary/aromatic N) is 1. The lowest BCUT2D eigenvalue weighted by molar-refractivity contribution is 0.0694. The van der Waals surface area contributed by atoms with E-state index in [9.17, 15) is 4.79 Å². The summed E-state index contributed by atoms with van der Waals surface area (Å²) in [4.78, 5) is 16.2. The standard InChI is InChI=1S/C14H21N3O2/c1-2-7-15-12-3-4-13(16-10-12)14(18)17-11-5-8-19-9-6-11/h3-4,10-11,15H,2,5-9H2,1H3,(H,17,18). The van der Waals surface area contributed by atoms with Gasteiger partial charge in [-0.15, -0.1) is 0 Å². The first-order chi connectivity index (χ1) is 9.29. The van der Waals surface area contributed by atoms with Crippen LogP contribution in [-0.2, 0) is 4.74 Å². The third kappa shape index (κ3) is 4.21. The zero-order valence-electron chi connectivity index (χ0n) is 11.3. The molecule has 2 rings (SSSR count). The molecule has 1 aromatic heterocycles. The lowest BCUT2D eigenvalue weighted by Gasteiger charge is -2.22. The minimum absolute atomic E-state index is 0.103. The molecule has 0 spiro atoms. The van der Waals surface area contributed by atoms with E-state index >= 15 is 0 Å². The van der Waals surface area contributed by atoms with Gasteiger partial charge >= 0.3 is 0 Å². The zero-order valence-corrected chi connectivity index (χ0v) is 11.3. The number of carbonyl (C=O) groups excluding carboxylic acids is 1. The van der Waals surface area contributed by atoms with E-state index in [1.54, 1.807) is 12.3 Å². The molecule has 0 radical (unpaired) electrons. The molecular weight excluding hydrogens is 242 g/mol. The van der Waals surface area contributed by atoms with E-state index in [-0.39, 0.29) is 11.9 Å². The molecule has 0 atom stereocenters. The topological polar surface area (TPSA) is 63.2 Å². The fourth-order valence-electron chi connectivity index (χ4n) is 2.00. The van der Waals surface area contributed by atoms with Crippen molar-refractivity contribution < 1.29 is 9.53 Å². The van der Waals surface area contributed by atoms with Gasteiger partial charge in [0.05, 0.1) is 11.9 Å². The Morgan fingerprint density at radius 2 is 2.21 bits per heavy atom. The molecule has 0 bridgehead atoms. The number of amides is 1. The van der Waals surface area contributed by atoms with Crippen LogP contribution in [0.4, 0.5) is 5.69 Å². The van der Waals surface area contributed by atoms with E-state index in [4.69, 9.17) is 4.74 Å². The zero-order chi connectivity index (χ0) is 13.5. The second kappa shape index (κ2) is 7.09. The Bertz CT molecular complexity index is 400. The van der Waals surface area contributed by atoms with Crippen LogP contribution in [0.2, 0.25) is 0 Å². The maximum absolute atomic E-state index is 12.0. The lowest BCUT2D eigenvalue weighted by atomic mass is 10.1. The summed E-state index contributed by atoms with van der Waals surface area (Å²) in [6.45, 7) is 4.46. The van der Waals surface area contributed by atoms with Gasteiger partial charge in [0.2, 0.25) is 0 Å². The Labute approximate surface area is 113 Å². The number of anilines is 1. The molecule has 0 aromatic carbocycles. The summed E-state index contributed by atoms with van der Waals surface area (Å²) in [6, 6.07) is 3.86. The number of nitrogens with one attached hydrogen (secondary N) is 2. The van der Waals surface area contributed by atoms with Crippen molar-refractivity contribution in [2.45, 2.75) is 32.2 Å². The van der Waals surface area contributed by atoms with Crippen LogP contribution in [0.5, 0.6) is 0 Å². The third-order valence-electron chi connectivity index (χ3n) is 3.13. The van der Waals surface area contributed by atoms with E-state index in [1.165, 1.54) is 0 Å². The molecule has 1 aliphatic heterocycles. The van der Waals surface area contributed by atoms with Crippen molar-refractivity contribution in [2.75, 3.05) is 25.1 Å². The molecule has 5 nitrogen and oxygen atoms in total. The molecule has 1 amide bonds. The van der Waals surface area contributed by atoms with Gasteiger partial charge in [-0.2, -0.15) is 0 Å². The number of aromatic nitrogens is 1. The second-order valence-corrected chi connectivity index (χ2v) is 4.72. The summed E-state index contributed by atoms with van der Waals surface area (Å²) in [5, 5.41) is 6.23. The van der Waals surface area contributed by atoms with E-state index < -0.39 is 0 Å². The smallest absolute Gasteiger partial charge is 0.270 e. The summed E-state index contributed by atoms with van der Waals surface area (Å²) in [5.41, 5.74) is 1.41. The molecule has 1 fully saturated rings. The highest BCUT2D eigenvalue weighted by Crippen LogP contribution is 2.09. The van der Waals surface area contributed by atoms with Gasteiger partial charge in [0.15, 0.2) is 0 Å². The van der Waals surface area contributed by atoms with Crippen molar-refractivity contribution >= 4 is 11.6 Å². The van der Waals surface area contributed by atoms with Crippen LogP contribution < -0.4 is 10.6 Å². The molecule has 1 saturated heterocycles. The minimum atomic E-state index is -0.103. The molecule has 0 aliphatic carbocycles. The van der Waals surface area contributed by atoms with Gasteiger partial charge in [-0.25, -0.2) is 4.98 Å². The maximum atomic E-state index is 12.0. The summed E-state index contributed by atoms with van der Waals surface area (Å²) in [5.74, 6) is -0.103. The third-order valence-corrected chi connectivity index (χ3v) is 3.13. The summed E-state index contributed by atoms with van der Waals surface area (Å²) in [6.07, 6.45) is 4.52. The molecule has 0 unspecified atom stereocenters. The Balaban J connectivity index is 1.87. The second-order valence-electron chi connectivity index (χ2n) is 4.72. The Kier molecular flexibility index (Phi) is 5.15. The Morgan fingerprint density at radius 1 is 1.42 bits per heavy atom. The van der Waals surface area contributed by atoms with E-state index in [0.717, 1.165) is 44.7 Å². The Morgan fingerprint density at radius 3 is 2.84 bits per heavy atom. The monoisotopic (exact) mass is 263 g/mol. The first-order valence-corrected chi connectivity index (χ1v) is 6.88. The molecule has 2 heterocycles. The number of hydrogen-bond donors (Lipinski definition) is 2. The number of hydrogen-bond acceptors (Lipinski definition) is 4. The average molecular weight is 263 g/mol. The molecule has 1 aromatic rings. The molecule has 1 aliphatic rings. The molecule has 2 N–H and O–H groups in total. The number of ether oxygens (including phenoxy) is 1. The van der Waals surface area contributed by atoms with Crippen molar-refractivity contribution in [1.29, 1.82) is 0 Å². The summed E-state index contributed by atoms with van der Waals surface area (Å²) >= 11 is 0. The van der Waals surface area contributed by atoms with Gasteiger partial charge in [0.25, 0.3) is 5.91 Å². The van der Waals surface area contributed by atoms with Crippen LogP contribution in [0, 0.1) is 0 Å². The highest BCUT2D eigenvalue weighted by Gasteiger charge is 2.17.